The summed E-state index contributed by atoms with van der Waals surface area (Å²) in [5.41, 5.74) is 1.26. The van der Waals surface area contributed by atoms with E-state index in [1.807, 2.05) is 0 Å². The quantitative estimate of drug-likeness (QED) is 0.827. The molecule has 1 saturated carbocycles. The van der Waals surface area contributed by atoms with E-state index in [1.165, 1.54) is 37.8 Å². The molecule has 1 fully saturated rings. The maximum absolute atomic E-state index is 13.0. The Hall–Kier alpha value is -0.960. The van der Waals surface area contributed by atoms with Crippen molar-refractivity contribution in [2.24, 2.45) is 5.41 Å². The van der Waals surface area contributed by atoms with Crippen LogP contribution in [-0.4, -0.2) is 6.54 Å². The normalized spacial score (nSPS) is 17.8. The minimum atomic E-state index is -0.780. The summed E-state index contributed by atoms with van der Waals surface area (Å²) >= 11 is 0. The number of hydrogen-bond acceptors (Lipinski definition) is 1. The van der Waals surface area contributed by atoms with Crippen molar-refractivity contribution in [2.75, 3.05) is 6.54 Å². The van der Waals surface area contributed by atoms with Crippen LogP contribution in [-0.2, 0) is 6.54 Å². The van der Waals surface area contributed by atoms with Gasteiger partial charge in [0.1, 0.15) is 0 Å². The Balaban J connectivity index is 1.83. The first-order valence-corrected chi connectivity index (χ1v) is 6.30. The molecule has 0 spiro atoms. The lowest BCUT2D eigenvalue weighted by molar-refractivity contribution is 0.124. The van der Waals surface area contributed by atoms with Gasteiger partial charge in [-0.2, -0.15) is 0 Å². The van der Waals surface area contributed by atoms with Gasteiger partial charge in [-0.1, -0.05) is 19.4 Å². The van der Waals surface area contributed by atoms with Gasteiger partial charge in [0.05, 0.1) is 0 Å². The molecule has 0 aromatic heterocycles. The van der Waals surface area contributed by atoms with Crippen LogP contribution < -0.4 is 5.32 Å². The van der Waals surface area contributed by atoms with Crippen molar-refractivity contribution in [2.45, 2.75) is 39.2 Å². The number of nitrogens with one attached hydrogen (secondary N) is 1. The van der Waals surface area contributed by atoms with Crippen molar-refractivity contribution in [1.82, 2.24) is 5.32 Å². The SMILES string of the molecule is CCC1(CNCc2ccc(F)c(F)c2)CCC1. The van der Waals surface area contributed by atoms with E-state index in [9.17, 15) is 8.78 Å². The van der Waals surface area contributed by atoms with Gasteiger partial charge in [-0.15, -0.1) is 0 Å². The van der Waals surface area contributed by atoms with E-state index in [-0.39, 0.29) is 0 Å². The van der Waals surface area contributed by atoms with Gasteiger partial charge < -0.3 is 5.32 Å². The van der Waals surface area contributed by atoms with Crippen LogP contribution in [0.5, 0.6) is 0 Å². The Labute approximate surface area is 101 Å². The van der Waals surface area contributed by atoms with Crippen LogP contribution in [0.3, 0.4) is 0 Å². The first kappa shape index (κ1) is 12.5. The lowest BCUT2D eigenvalue weighted by Gasteiger charge is -2.41. The molecule has 0 amide bonds. The van der Waals surface area contributed by atoms with Gasteiger partial charge in [0, 0.05) is 13.1 Å². The second-order valence-corrected chi connectivity index (χ2v) is 5.06. The Kier molecular flexibility index (Phi) is 3.77. The fourth-order valence-electron chi connectivity index (χ4n) is 2.45. The number of halogens is 2. The third-order valence-electron chi connectivity index (χ3n) is 3.98. The number of hydrogen-bond donors (Lipinski definition) is 1. The molecule has 1 nitrogen and oxygen atoms in total. The molecular formula is C14H19F2N. The molecule has 1 aromatic carbocycles. The smallest absolute Gasteiger partial charge is 0.159 e. The highest BCUT2D eigenvalue weighted by molar-refractivity contribution is 5.17. The van der Waals surface area contributed by atoms with Crippen molar-refractivity contribution >= 4 is 0 Å². The maximum atomic E-state index is 13.0. The van der Waals surface area contributed by atoms with Gasteiger partial charge in [-0.25, -0.2) is 8.78 Å². The highest BCUT2D eigenvalue weighted by atomic mass is 19.2. The molecule has 94 valence electrons. The summed E-state index contributed by atoms with van der Waals surface area (Å²) in [4.78, 5) is 0. The standard InChI is InChI=1S/C14H19F2N/c1-2-14(6-3-7-14)10-17-9-11-4-5-12(15)13(16)8-11/h4-5,8,17H,2-3,6-7,9-10H2,1H3. The van der Waals surface area contributed by atoms with Crippen molar-refractivity contribution in [3.8, 4) is 0 Å². The average molecular weight is 239 g/mol. The third-order valence-corrected chi connectivity index (χ3v) is 3.98. The molecule has 0 unspecified atom stereocenters. The van der Waals surface area contributed by atoms with Crippen LogP contribution >= 0.6 is 0 Å². The van der Waals surface area contributed by atoms with Crippen LogP contribution in [0.4, 0.5) is 8.78 Å². The number of rotatable bonds is 5. The Morgan fingerprint density at radius 2 is 2.00 bits per heavy atom. The van der Waals surface area contributed by atoms with Crippen LogP contribution in [0.25, 0.3) is 0 Å². The molecule has 0 aliphatic heterocycles. The molecule has 3 heteroatoms. The zero-order chi connectivity index (χ0) is 12.3. The predicted octanol–water partition coefficient (Wildman–Crippen LogP) is 3.63. The summed E-state index contributed by atoms with van der Waals surface area (Å²) < 4.78 is 25.7. The van der Waals surface area contributed by atoms with Gasteiger partial charge in [0.15, 0.2) is 11.6 Å². The molecule has 2 rings (SSSR count). The van der Waals surface area contributed by atoms with Gasteiger partial charge in [-0.05, 0) is 42.4 Å². The highest BCUT2D eigenvalue weighted by Crippen LogP contribution is 2.43. The lowest BCUT2D eigenvalue weighted by atomic mass is 9.67. The van der Waals surface area contributed by atoms with E-state index in [1.54, 1.807) is 6.07 Å². The molecule has 0 radical (unpaired) electrons. The zero-order valence-corrected chi connectivity index (χ0v) is 10.2. The van der Waals surface area contributed by atoms with Gasteiger partial charge in [0.25, 0.3) is 0 Å². The summed E-state index contributed by atoms with van der Waals surface area (Å²) in [7, 11) is 0. The van der Waals surface area contributed by atoms with E-state index < -0.39 is 11.6 Å². The second kappa shape index (κ2) is 5.13. The molecule has 0 saturated heterocycles. The first-order chi connectivity index (χ1) is 8.15. The Morgan fingerprint density at radius 1 is 1.24 bits per heavy atom. The summed E-state index contributed by atoms with van der Waals surface area (Å²) in [5, 5.41) is 3.35. The fourth-order valence-corrected chi connectivity index (χ4v) is 2.45. The van der Waals surface area contributed by atoms with Crippen molar-refractivity contribution in [3.05, 3.63) is 35.4 Å². The molecule has 1 aliphatic carbocycles. The predicted molar refractivity (Wildman–Crippen MR) is 64.6 cm³/mol. The molecule has 1 aromatic rings. The molecule has 0 heterocycles. The third kappa shape index (κ3) is 2.83. The maximum Gasteiger partial charge on any atom is 0.159 e. The number of benzene rings is 1. The highest BCUT2D eigenvalue weighted by Gasteiger charge is 2.34. The molecule has 1 aliphatic rings. The van der Waals surface area contributed by atoms with E-state index >= 15 is 0 Å². The minimum absolute atomic E-state index is 0.457. The largest absolute Gasteiger partial charge is 0.312 e. The van der Waals surface area contributed by atoms with Crippen LogP contribution in [0.15, 0.2) is 18.2 Å². The Morgan fingerprint density at radius 3 is 2.53 bits per heavy atom. The van der Waals surface area contributed by atoms with Crippen LogP contribution in [0.2, 0.25) is 0 Å². The Bertz CT molecular complexity index is 380. The minimum Gasteiger partial charge on any atom is -0.312 e. The molecular weight excluding hydrogens is 220 g/mol. The molecule has 0 bridgehead atoms. The average Bonchev–Trinajstić information content (AvgIpc) is 2.27. The van der Waals surface area contributed by atoms with Crippen LogP contribution in [0.1, 0.15) is 38.2 Å². The van der Waals surface area contributed by atoms with E-state index in [2.05, 4.69) is 12.2 Å². The molecule has 1 N–H and O–H groups in total. The van der Waals surface area contributed by atoms with Gasteiger partial charge >= 0.3 is 0 Å². The van der Waals surface area contributed by atoms with E-state index in [0.29, 0.717) is 12.0 Å². The van der Waals surface area contributed by atoms with Gasteiger partial charge in [0.2, 0.25) is 0 Å². The van der Waals surface area contributed by atoms with Crippen molar-refractivity contribution in [1.29, 1.82) is 0 Å². The fraction of sp³-hybridized carbons (Fsp3) is 0.571. The summed E-state index contributed by atoms with van der Waals surface area (Å²) in [6.45, 7) is 3.81. The topological polar surface area (TPSA) is 12.0 Å². The lowest BCUT2D eigenvalue weighted by Crippen LogP contribution is -2.39. The monoisotopic (exact) mass is 239 g/mol. The summed E-state index contributed by atoms with van der Waals surface area (Å²) in [5.74, 6) is -1.55. The summed E-state index contributed by atoms with van der Waals surface area (Å²) in [6, 6.07) is 4.08. The van der Waals surface area contributed by atoms with Crippen molar-refractivity contribution < 1.29 is 8.78 Å². The van der Waals surface area contributed by atoms with E-state index in [4.69, 9.17) is 0 Å². The molecule has 0 atom stereocenters. The zero-order valence-electron chi connectivity index (χ0n) is 10.2. The second-order valence-electron chi connectivity index (χ2n) is 5.06. The molecule has 17 heavy (non-hydrogen) atoms. The van der Waals surface area contributed by atoms with E-state index in [0.717, 1.165) is 12.1 Å². The van der Waals surface area contributed by atoms with Crippen LogP contribution in [0, 0.1) is 17.0 Å². The van der Waals surface area contributed by atoms with Crippen molar-refractivity contribution in [3.63, 3.8) is 0 Å². The summed E-state index contributed by atoms with van der Waals surface area (Å²) in [6.07, 6.45) is 5.08. The van der Waals surface area contributed by atoms with Gasteiger partial charge in [-0.3, -0.25) is 0 Å². The first-order valence-electron chi connectivity index (χ1n) is 6.30.